The van der Waals surface area contributed by atoms with E-state index in [-0.39, 0.29) is 0 Å². The first-order chi connectivity index (χ1) is 6.86. The lowest BCUT2D eigenvalue weighted by Crippen LogP contribution is -2.03. The Morgan fingerprint density at radius 1 is 1.29 bits per heavy atom. The second-order valence-corrected chi connectivity index (χ2v) is 2.54. The molecule has 4 nitrogen and oxygen atoms in total. The molecule has 0 aromatic heterocycles. The molecule has 4 heteroatoms. The van der Waals surface area contributed by atoms with Gasteiger partial charge in [0.25, 0.3) is 0 Å². The van der Waals surface area contributed by atoms with E-state index < -0.39 is 0 Å². The van der Waals surface area contributed by atoms with Gasteiger partial charge in [-0.25, -0.2) is 4.79 Å². The van der Waals surface area contributed by atoms with Gasteiger partial charge < -0.3 is 9.47 Å². The zero-order chi connectivity index (χ0) is 10.2. The van der Waals surface area contributed by atoms with E-state index in [0.717, 1.165) is 5.75 Å². The summed E-state index contributed by atoms with van der Waals surface area (Å²) in [6.07, 6.45) is 1.47. The van der Waals surface area contributed by atoms with Crippen molar-refractivity contribution in [2.75, 3.05) is 20.3 Å². The van der Waals surface area contributed by atoms with Crippen molar-refractivity contribution < 1.29 is 14.3 Å². The van der Waals surface area contributed by atoms with Crippen molar-refractivity contribution >= 4 is 11.8 Å². The first-order valence-electron chi connectivity index (χ1n) is 4.16. The lowest BCUT2D eigenvalue weighted by molar-refractivity contribution is 0.146. The summed E-state index contributed by atoms with van der Waals surface area (Å²) in [6.45, 7) is 1.06. The first-order valence-corrected chi connectivity index (χ1v) is 4.16. The molecule has 0 saturated carbocycles. The number of benzene rings is 1. The molecule has 1 aromatic rings. The maximum atomic E-state index is 9.93. The van der Waals surface area contributed by atoms with Gasteiger partial charge in [0.15, 0.2) is 0 Å². The third-order valence-corrected chi connectivity index (χ3v) is 1.57. The molecule has 74 valence electrons. The van der Waals surface area contributed by atoms with Gasteiger partial charge in [-0.15, -0.1) is 0 Å². The molecule has 0 aliphatic rings. The van der Waals surface area contributed by atoms with Gasteiger partial charge in [0, 0.05) is 7.11 Å². The fraction of sp³-hybridized carbons (Fsp3) is 0.300. The number of carbonyl (C=O) groups excluding carboxylic acids is 1. The summed E-state index contributed by atoms with van der Waals surface area (Å²) in [5.41, 5.74) is 0.569. The van der Waals surface area contributed by atoms with Crippen LogP contribution < -0.4 is 4.74 Å². The van der Waals surface area contributed by atoms with Crippen molar-refractivity contribution in [3.8, 4) is 5.75 Å². The number of isocyanates is 1. The van der Waals surface area contributed by atoms with Crippen LogP contribution in [-0.4, -0.2) is 26.4 Å². The fourth-order valence-corrected chi connectivity index (χ4v) is 0.912. The van der Waals surface area contributed by atoms with Crippen LogP contribution in [0, 0.1) is 0 Å². The van der Waals surface area contributed by atoms with E-state index in [4.69, 9.17) is 9.47 Å². The van der Waals surface area contributed by atoms with Gasteiger partial charge in [-0.3, -0.25) is 0 Å². The maximum absolute atomic E-state index is 9.93. The summed E-state index contributed by atoms with van der Waals surface area (Å²) < 4.78 is 10.1. The lowest BCUT2D eigenvalue weighted by atomic mass is 10.3. The highest BCUT2D eigenvalue weighted by atomic mass is 16.5. The molecule has 0 unspecified atom stereocenters. The minimum absolute atomic E-state index is 0.507. The van der Waals surface area contributed by atoms with Crippen LogP contribution in [0.25, 0.3) is 0 Å². The van der Waals surface area contributed by atoms with Crippen molar-refractivity contribution in [3.63, 3.8) is 0 Å². The Balaban J connectivity index is 2.50. The van der Waals surface area contributed by atoms with Crippen LogP contribution in [-0.2, 0) is 9.53 Å². The van der Waals surface area contributed by atoms with Gasteiger partial charge >= 0.3 is 0 Å². The van der Waals surface area contributed by atoms with Crippen LogP contribution in [0.4, 0.5) is 5.69 Å². The summed E-state index contributed by atoms with van der Waals surface area (Å²) in [7, 11) is 1.62. The number of rotatable bonds is 5. The zero-order valence-corrected chi connectivity index (χ0v) is 7.90. The van der Waals surface area contributed by atoms with Gasteiger partial charge in [0.1, 0.15) is 12.4 Å². The van der Waals surface area contributed by atoms with Gasteiger partial charge in [-0.05, 0) is 24.3 Å². The molecular formula is C10H11NO3. The van der Waals surface area contributed by atoms with Crippen molar-refractivity contribution in [2.45, 2.75) is 0 Å². The maximum Gasteiger partial charge on any atom is 0.240 e. The van der Waals surface area contributed by atoms with Crippen LogP contribution in [0.3, 0.4) is 0 Å². The topological polar surface area (TPSA) is 47.9 Å². The van der Waals surface area contributed by atoms with Crippen LogP contribution in [0.5, 0.6) is 5.75 Å². The summed E-state index contributed by atoms with van der Waals surface area (Å²) in [4.78, 5) is 13.4. The van der Waals surface area contributed by atoms with E-state index in [1.165, 1.54) is 6.08 Å². The number of nitrogens with zero attached hydrogens (tertiary/aromatic N) is 1. The average molecular weight is 193 g/mol. The summed E-state index contributed by atoms with van der Waals surface area (Å²) in [5, 5.41) is 0. The molecular weight excluding hydrogens is 182 g/mol. The number of aliphatic imine (C=N–C) groups is 1. The molecule has 1 aromatic carbocycles. The fourth-order valence-electron chi connectivity index (χ4n) is 0.912. The smallest absolute Gasteiger partial charge is 0.240 e. The van der Waals surface area contributed by atoms with Gasteiger partial charge in [-0.1, -0.05) is 0 Å². The van der Waals surface area contributed by atoms with E-state index in [9.17, 15) is 4.79 Å². The molecule has 0 heterocycles. The summed E-state index contributed by atoms with van der Waals surface area (Å²) in [6, 6.07) is 6.86. The Hall–Kier alpha value is -1.64. The highest BCUT2D eigenvalue weighted by molar-refractivity contribution is 5.49. The van der Waals surface area contributed by atoms with Gasteiger partial charge in [0.2, 0.25) is 6.08 Å². The Bertz CT molecular complexity index is 315. The SMILES string of the molecule is COCCOc1ccc(N=C=O)cc1. The van der Waals surface area contributed by atoms with Crippen LogP contribution >= 0.6 is 0 Å². The first kappa shape index (κ1) is 10.4. The highest BCUT2D eigenvalue weighted by Crippen LogP contribution is 2.17. The van der Waals surface area contributed by atoms with E-state index >= 15 is 0 Å². The highest BCUT2D eigenvalue weighted by Gasteiger charge is 1.93. The van der Waals surface area contributed by atoms with Crippen LogP contribution in [0.1, 0.15) is 0 Å². The molecule has 0 saturated heterocycles. The predicted molar refractivity (Wildman–Crippen MR) is 51.6 cm³/mol. The molecule has 0 N–H and O–H groups in total. The zero-order valence-electron chi connectivity index (χ0n) is 7.90. The second kappa shape index (κ2) is 5.91. The molecule has 0 radical (unpaired) electrons. The molecule has 0 atom stereocenters. The van der Waals surface area contributed by atoms with E-state index in [1.807, 2.05) is 0 Å². The Kier molecular flexibility index (Phi) is 4.41. The number of ether oxygens (including phenoxy) is 2. The van der Waals surface area contributed by atoms with Crippen molar-refractivity contribution in [1.82, 2.24) is 0 Å². The van der Waals surface area contributed by atoms with Gasteiger partial charge in [-0.2, -0.15) is 4.99 Å². The lowest BCUT2D eigenvalue weighted by Gasteiger charge is -2.04. The number of hydrogen-bond acceptors (Lipinski definition) is 4. The minimum Gasteiger partial charge on any atom is -0.491 e. The quantitative estimate of drug-likeness (QED) is 0.406. The normalized spacial score (nSPS) is 9.21. The van der Waals surface area contributed by atoms with Crippen molar-refractivity contribution in [2.24, 2.45) is 4.99 Å². The molecule has 14 heavy (non-hydrogen) atoms. The monoisotopic (exact) mass is 193 g/mol. The van der Waals surface area contributed by atoms with Crippen molar-refractivity contribution in [1.29, 1.82) is 0 Å². The summed E-state index contributed by atoms with van der Waals surface area (Å²) >= 11 is 0. The van der Waals surface area contributed by atoms with Crippen LogP contribution in [0.2, 0.25) is 0 Å². The molecule has 0 aliphatic heterocycles. The van der Waals surface area contributed by atoms with E-state index in [2.05, 4.69) is 4.99 Å². The third kappa shape index (κ3) is 3.39. The van der Waals surface area contributed by atoms with E-state index in [1.54, 1.807) is 31.4 Å². The van der Waals surface area contributed by atoms with Crippen molar-refractivity contribution in [3.05, 3.63) is 24.3 Å². The molecule has 0 amide bonds. The molecule has 0 bridgehead atoms. The average Bonchev–Trinajstić information content (AvgIpc) is 2.21. The minimum atomic E-state index is 0.507. The molecule has 1 rings (SSSR count). The largest absolute Gasteiger partial charge is 0.491 e. The predicted octanol–water partition coefficient (Wildman–Crippen LogP) is 1.68. The Labute approximate surface area is 82.2 Å². The molecule has 0 fully saturated rings. The Morgan fingerprint density at radius 3 is 2.57 bits per heavy atom. The third-order valence-electron chi connectivity index (χ3n) is 1.57. The summed E-state index contributed by atoms with van der Waals surface area (Å²) in [5.74, 6) is 0.729. The van der Waals surface area contributed by atoms with Crippen LogP contribution in [0.15, 0.2) is 29.3 Å². The molecule has 0 aliphatic carbocycles. The van der Waals surface area contributed by atoms with E-state index in [0.29, 0.717) is 18.9 Å². The van der Waals surface area contributed by atoms with Gasteiger partial charge in [0.05, 0.1) is 12.3 Å². The number of methoxy groups -OCH3 is 1. The molecule has 0 spiro atoms. The second-order valence-electron chi connectivity index (χ2n) is 2.54. The standard InChI is InChI=1S/C10H11NO3/c1-13-6-7-14-10-4-2-9(3-5-10)11-8-12/h2-5H,6-7H2,1H3. The Morgan fingerprint density at radius 2 is 2.00 bits per heavy atom. The number of hydrogen-bond donors (Lipinski definition) is 0.